The Kier molecular flexibility index (Phi) is 2.97. The first-order valence-corrected chi connectivity index (χ1v) is 5.51. The fourth-order valence-electron chi connectivity index (χ4n) is 2.29. The third kappa shape index (κ3) is 1.95. The van der Waals surface area contributed by atoms with E-state index >= 15 is 0 Å². The molecular weight excluding hydrogens is 204 g/mol. The summed E-state index contributed by atoms with van der Waals surface area (Å²) in [6.45, 7) is 4.57. The highest BCUT2D eigenvalue weighted by atomic mass is 16.5. The molecule has 0 radical (unpaired) electrons. The molecule has 2 rings (SSSR count). The second-order valence-corrected chi connectivity index (χ2v) is 4.38. The molecule has 1 aromatic rings. The third-order valence-electron chi connectivity index (χ3n) is 3.14. The minimum atomic E-state index is -0.762. The van der Waals surface area contributed by atoms with Crippen LogP contribution in [0.1, 0.15) is 29.2 Å². The Labute approximate surface area is 95.0 Å². The summed E-state index contributed by atoms with van der Waals surface area (Å²) in [5.74, 6) is -1.16. The molecule has 1 aliphatic heterocycles. The Bertz CT molecular complexity index is 412. The first-order valence-electron chi connectivity index (χ1n) is 5.51. The van der Waals surface area contributed by atoms with E-state index in [0.29, 0.717) is 13.0 Å². The van der Waals surface area contributed by atoms with Gasteiger partial charge in [0, 0.05) is 6.61 Å². The Hall–Kier alpha value is -1.35. The van der Waals surface area contributed by atoms with Crippen LogP contribution >= 0.6 is 0 Å². The number of hydrogen-bond acceptors (Lipinski definition) is 2. The highest BCUT2D eigenvalue weighted by Crippen LogP contribution is 2.36. The van der Waals surface area contributed by atoms with Gasteiger partial charge in [-0.1, -0.05) is 23.8 Å². The Morgan fingerprint density at radius 1 is 1.44 bits per heavy atom. The summed E-state index contributed by atoms with van der Waals surface area (Å²) in [5.41, 5.74) is 3.31. The molecule has 1 fully saturated rings. The van der Waals surface area contributed by atoms with Crippen molar-refractivity contribution < 1.29 is 14.6 Å². The van der Waals surface area contributed by atoms with E-state index in [4.69, 9.17) is 9.84 Å². The number of benzene rings is 1. The molecule has 1 aromatic carbocycles. The molecule has 2 atom stereocenters. The van der Waals surface area contributed by atoms with Crippen molar-refractivity contribution in [2.75, 3.05) is 6.61 Å². The summed E-state index contributed by atoms with van der Waals surface area (Å²) >= 11 is 0. The lowest BCUT2D eigenvalue weighted by atomic mass is 9.92. The van der Waals surface area contributed by atoms with Gasteiger partial charge >= 0.3 is 5.97 Å². The van der Waals surface area contributed by atoms with Crippen molar-refractivity contribution in [2.24, 2.45) is 5.92 Å². The van der Waals surface area contributed by atoms with Crippen LogP contribution in [0.3, 0.4) is 0 Å². The largest absolute Gasteiger partial charge is 0.481 e. The standard InChI is InChI=1S/C13H16O3/c1-8-3-4-10(9(2)7-8)12-11(13(14)15)5-6-16-12/h3-4,7,11-12H,5-6H2,1-2H3,(H,14,15). The number of carboxylic acids is 1. The van der Waals surface area contributed by atoms with Crippen molar-refractivity contribution in [2.45, 2.75) is 26.4 Å². The zero-order valence-corrected chi connectivity index (χ0v) is 9.56. The average Bonchev–Trinajstić information content (AvgIpc) is 2.66. The van der Waals surface area contributed by atoms with Crippen LogP contribution in [0.25, 0.3) is 0 Å². The molecule has 0 spiro atoms. The van der Waals surface area contributed by atoms with Gasteiger partial charge in [0.2, 0.25) is 0 Å². The van der Waals surface area contributed by atoms with Gasteiger partial charge in [-0.25, -0.2) is 0 Å². The number of carboxylic acid groups (broad SMARTS) is 1. The normalized spacial score (nSPS) is 24.6. The van der Waals surface area contributed by atoms with Crippen molar-refractivity contribution in [3.05, 3.63) is 34.9 Å². The van der Waals surface area contributed by atoms with Crippen molar-refractivity contribution >= 4 is 5.97 Å². The molecule has 86 valence electrons. The minimum absolute atomic E-state index is 0.280. The van der Waals surface area contributed by atoms with Gasteiger partial charge < -0.3 is 9.84 Å². The second-order valence-electron chi connectivity index (χ2n) is 4.38. The third-order valence-corrected chi connectivity index (χ3v) is 3.14. The van der Waals surface area contributed by atoms with Crippen LogP contribution in [0.15, 0.2) is 18.2 Å². The summed E-state index contributed by atoms with van der Waals surface area (Å²) in [6, 6.07) is 6.05. The molecule has 0 amide bonds. The van der Waals surface area contributed by atoms with Gasteiger partial charge in [0.05, 0.1) is 12.0 Å². The molecule has 1 saturated heterocycles. The fourth-order valence-corrected chi connectivity index (χ4v) is 2.29. The minimum Gasteiger partial charge on any atom is -0.481 e. The maximum atomic E-state index is 11.1. The van der Waals surface area contributed by atoms with E-state index in [0.717, 1.165) is 11.1 Å². The van der Waals surface area contributed by atoms with E-state index in [1.807, 2.05) is 26.0 Å². The van der Waals surface area contributed by atoms with Crippen LogP contribution in [0, 0.1) is 19.8 Å². The number of aryl methyl sites for hydroxylation is 2. The van der Waals surface area contributed by atoms with E-state index < -0.39 is 11.9 Å². The van der Waals surface area contributed by atoms with Gasteiger partial charge in [-0.15, -0.1) is 0 Å². The van der Waals surface area contributed by atoms with Crippen molar-refractivity contribution in [3.8, 4) is 0 Å². The smallest absolute Gasteiger partial charge is 0.309 e. The number of rotatable bonds is 2. The molecule has 0 aliphatic carbocycles. The van der Waals surface area contributed by atoms with Crippen LogP contribution in [0.4, 0.5) is 0 Å². The molecule has 0 saturated carbocycles. The Balaban J connectivity index is 2.32. The lowest BCUT2D eigenvalue weighted by Gasteiger charge is -2.17. The van der Waals surface area contributed by atoms with Crippen molar-refractivity contribution in [1.82, 2.24) is 0 Å². The maximum absolute atomic E-state index is 11.1. The second kappa shape index (κ2) is 4.26. The van der Waals surface area contributed by atoms with Crippen LogP contribution in [0.5, 0.6) is 0 Å². The maximum Gasteiger partial charge on any atom is 0.309 e. The van der Waals surface area contributed by atoms with Gasteiger partial charge in [-0.05, 0) is 31.4 Å². The molecule has 0 aromatic heterocycles. The van der Waals surface area contributed by atoms with E-state index in [9.17, 15) is 4.79 Å². The van der Waals surface area contributed by atoms with Crippen molar-refractivity contribution in [3.63, 3.8) is 0 Å². The monoisotopic (exact) mass is 220 g/mol. The quantitative estimate of drug-likeness (QED) is 0.832. The molecule has 2 unspecified atom stereocenters. The van der Waals surface area contributed by atoms with Crippen LogP contribution < -0.4 is 0 Å². The SMILES string of the molecule is Cc1ccc(C2OCCC2C(=O)O)c(C)c1. The molecule has 1 heterocycles. The van der Waals surface area contributed by atoms with E-state index in [-0.39, 0.29) is 6.10 Å². The summed E-state index contributed by atoms with van der Waals surface area (Å²) in [7, 11) is 0. The average molecular weight is 220 g/mol. The molecule has 1 aliphatic rings. The predicted octanol–water partition coefficient (Wildman–Crippen LogP) is 2.47. The molecule has 0 bridgehead atoms. The number of aliphatic carboxylic acids is 1. The van der Waals surface area contributed by atoms with Crippen LogP contribution in [-0.4, -0.2) is 17.7 Å². The zero-order valence-electron chi connectivity index (χ0n) is 9.56. The van der Waals surface area contributed by atoms with Gasteiger partial charge in [-0.2, -0.15) is 0 Å². The Morgan fingerprint density at radius 2 is 2.19 bits per heavy atom. The summed E-state index contributed by atoms with van der Waals surface area (Å²) < 4.78 is 5.55. The van der Waals surface area contributed by atoms with E-state index in [2.05, 4.69) is 6.07 Å². The predicted molar refractivity (Wildman–Crippen MR) is 60.4 cm³/mol. The fraction of sp³-hybridized carbons (Fsp3) is 0.462. The molecule has 3 heteroatoms. The summed E-state index contributed by atoms with van der Waals surface area (Å²) in [5, 5.41) is 9.11. The molecule has 3 nitrogen and oxygen atoms in total. The van der Waals surface area contributed by atoms with E-state index in [1.165, 1.54) is 5.56 Å². The molecular formula is C13H16O3. The van der Waals surface area contributed by atoms with E-state index in [1.54, 1.807) is 0 Å². The topological polar surface area (TPSA) is 46.5 Å². The van der Waals surface area contributed by atoms with Crippen molar-refractivity contribution in [1.29, 1.82) is 0 Å². The van der Waals surface area contributed by atoms with Gasteiger partial charge in [-0.3, -0.25) is 4.79 Å². The van der Waals surface area contributed by atoms with Gasteiger partial charge in [0.1, 0.15) is 0 Å². The zero-order chi connectivity index (χ0) is 11.7. The summed E-state index contributed by atoms with van der Waals surface area (Å²) in [4.78, 5) is 11.1. The van der Waals surface area contributed by atoms with Crippen LogP contribution in [0.2, 0.25) is 0 Å². The van der Waals surface area contributed by atoms with Gasteiger partial charge in [0.25, 0.3) is 0 Å². The first kappa shape index (κ1) is 11.1. The molecule has 16 heavy (non-hydrogen) atoms. The lowest BCUT2D eigenvalue weighted by molar-refractivity contribution is -0.143. The van der Waals surface area contributed by atoms with Gasteiger partial charge in [0.15, 0.2) is 0 Å². The number of carbonyl (C=O) groups is 1. The van der Waals surface area contributed by atoms with Crippen LogP contribution in [-0.2, 0) is 9.53 Å². The number of ether oxygens (including phenoxy) is 1. The molecule has 1 N–H and O–H groups in total. The number of hydrogen-bond donors (Lipinski definition) is 1. The Morgan fingerprint density at radius 3 is 2.81 bits per heavy atom. The first-order chi connectivity index (χ1) is 7.59. The summed E-state index contributed by atoms with van der Waals surface area (Å²) in [6.07, 6.45) is 0.325. The highest BCUT2D eigenvalue weighted by Gasteiger charge is 2.35. The lowest BCUT2D eigenvalue weighted by Crippen LogP contribution is -2.18. The highest BCUT2D eigenvalue weighted by molar-refractivity contribution is 5.71.